The van der Waals surface area contributed by atoms with Gasteiger partial charge < -0.3 is 0 Å². The van der Waals surface area contributed by atoms with Crippen LogP contribution in [0.5, 0.6) is 0 Å². The highest BCUT2D eigenvalue weighted by molar-refractivity contribution is 5.79. The Morgan fingerprint density at radius 2 is 2.33 bits per heavy atom. The Bertz CT molecular complexity index is 340. The molecule has 0 atom stereocenters. The second-order valence-corrected chi connectivity index (χ2v) is 3.62. The van der Waals surface area contributed by atoms with Crippen molar-refractivity contribution in [3.05, 3.63) is 47.1 Å². The molecule has 0 N–H and O–H groups in total. The van der Waals surface area contributed by atoms with Gasteiger partial charge in [-0.05, 0) is 37.0 Å². The van der Waals surface area contributed by atoms with E-state index in [-0.39, 0.29) is 0 Å². The number of hydrogen-bond acceptors (Lipinski definition) is 1. The fraction of sp³-hybridized carbons (Fsp3) is 0.357. The van der Waals surface area contributed by atoms with Crippen molar-refractivity contribution in [2.24, 2.45) is 0 Å². The summed E-state index contributed by atoms with van der Waals surface area (Å²) in [6.07, 6.45) is 14.2. The first-order chi connectivity index (χ1) is 7.31. The molecule has 0 aromatic rings. The van der Waals surface area contributed by atoms with Crippen molar-refractivity contribution < 1.29 is 4.79 Å². The third kappa shape index (κ3) is 3.35. The molecule has 0 fully saturated rings. The Kier molecular flexibility index (Phi) is 4.82. The topological polar surface area (TPSA) is 17.1 Å². The highest BCUT2D eigenvalue weighted by Gasteiger charge is 2.03. The van der Waals surface area contributed by atoms with Gasteiger partial charge in [0.05, 0.1) is 0 Å². The van der Waals surface area contributed by atoms with Crippen molar-refractivity contribution >= 4 is 6.29 Å². The standard InChI is InChI=1S/C14H18O/c1-3-7-13(4-2)14-9-6-5-8-12(10-14)11-15/h4,6,8-11H,3,5,7H2,1-2H3/b13-4+. The minimum Gasteiger partial charge on any atom is -0.298 e. The highest BCUT2D eigenvalue weighted by atomic mass is 16.1. The molecule has 0 saturated carbocycles. The van der Waals surface area contributed by atoms with Crippen LogP contribution in [0.2, 0.25) is 0 Å². The van der Waals surface area contributed by atoms with Crippen LogP contribution in [0, 0.1) is 0 Å². The van der Waals surface area contributed by atoms with E-state index < -0.39 is 0 Å². The molecule has 1 aliphatic rings. The summed E-state index contributed by atoms with van der Waals surface area (Å²) < 4.78 is 0. The zero-order chi connectivity index (χ0) is 11.1. The van der Waals surface area contributed by atoms with E-state index in [0.717, 1.165) is 31.1 Å². The van der Waals surface area contributed by atoms with Gasteiger partial charge in [-0.25, -0.2) is 0 Å². The molecule has 0 aromatic heterocycles. The van der Waals surface area contributed by atoms with E-state index in [1.807, 2.05) is 12.2 Å². The Morgan fingerprint density at radius 1 is 1.53 bits per heavy atom. The van der Waals surface area contributed by atoms with Crippen molar-refractivity contribution in [2.45, 2.75) is 33.1 Å². The summed E-state index contributed by atoms with van der Waals surface area (Å²) in [7, 11) is 0. The first-order valence-electron chi connectivity index (χ1n) is 5.51. The monoisotopic (exact) mass is 202 g/mol. The number of allylic oxidation sites excluding steroid dienone is 8. The van der Waals surface area contributed by atoms with Gasteiger partial charge in [0.25, 0.3) is 0 Å². The number of aldehydes is 1. The molecule has 0 aromatic carbocycles. The molecule has 15 heavy (non-hydrogen) atoms. The lowest BCUT2D eigenvalue weighted by Crippen LogP contribution is -1.88. The van der Waals surface area contributed by atoms with Gasteiger partial charge >= 0.3 is 0 Å². The minimum absolute atomic E-state index is 0.783. The maximum Gasteiger partial charge on any atom is 0.149 e. The van der Waals surface area contributed by atoms with Gasteiger partial charge in [0.1, 0.15) is 6.29 Å². The molecular weight excluding hydrogens is 184 g/mol. The van der Waals surface area contributed by atoms with Crippen molar-refractivity contribution in [1.29, 1.82) is 0 Å². The van der Waals surface area contributed by atoms with Crippen LogP contribution in [-0.2, 0) is 4.79 Å². The van der Waals surface area contributed by atoms with Gasteiger partial charge in [0, 0.05) is 5.57 Å². The normalized spacial score (nSPS) is 16.8. The van der Waals surface area contributed by atoms with E-state index in [0.29, 0.717) is 0 Å². The van der Waals surface area contributed by atoms with Crippen LogP contribution in [0.15, 0.2) is 47.1 Å². The van der Waals surface area contributed by atoms with Gasteiger partial charge in [0.2, 0.25) is 0 Å². The first kappa shape index (κ1) is 11.7. The van der Waals surface area contributed by atoms with Gasteiger partial charge in [-0.15, -0.1) is 0 Å². The summed E-state index contributed by atoms with van der Waals surface area (Å²) in [5, 5.41) is 0. The summed E-state index contributed by atoms with van der Waals surface area (Å²) in [5.74, 6) is 0. The predicted molar refractivity (Wildman–Crippen MR) is 64.7 cm³/mol. The molecule has 80 valence electrons. The molecule has 1 heteroatoms. The molecule has 0 aliphatic heterocycles. The summed E-state index contributed by atoms with van der Waals surface area (Å²) in [6, 6.07) is 0. The SMILES string of the molecule is C/C=C(\CCC)C1=CC(C=O)=CCC=C1. The molecule has 0 unspecified atom stereocenters. The van der Waals surface area contributed by atoms with E-state index >= 15 is 0 Å². The molecular formula is C14H18O. The molecule has 1 aliphatic carbocycles. The molecule has 0 bridgehead atoms. The van der Waals surface area contributed by atoms with Crippen molar-refractivity contribution in [1.82, 2.24) is 0 Å². The van der Waals surface area contributed by atoms with Crippen LogP contribution >= 0.6 is 0 Å². The zero-order valence-electron chi connectivity index (χ0n) is 9.49. The van der Waals surface area contributed by atoms with Crippen LogP contribution in [0.25, 0.3) is 0 Å². The average Bonchev–Trinajstić information content (AvgIpc) is 2.51. The van der Waals surface area contributed by atoms with E-state index in [1.165, 1.54) is 11.1 Å². The highest BCUT2D eigenvalue weighted by Crippen LogP contribution is 2.21. The molecule has 0 amide bonds. The van der Waals surface area contributed by atoms with E-state index in [4.69, 9.17) is 0 Å². The van der Waals surface area contributed by atoms with E-state index in [1.54, 1.807) is 0 Å². The van der Waals surface area contributed by atoms with Gasteiger partial charge in [-0.2, -0.15) is 0 Å². The van der Waals surface area contributed by atoms with Gasteiger partial charge in [-0.1, -0.05) is 37.6 Å². The van der Waals surface area contributed by atoms with E-state index in [9.17, 15) is 4.79 Å². The summed E-state index contributed by atoms with van der Waals surface area (Å²) >= 11 is 0. The van der Waals surface area contributed by atoms with Crippen LogP contribution < -0.4 is 0 Å². The molecule has 1 nitrogen and oxygen atoms in total. The van der Waals surface area contributed by atoms with E-state index in [2.05, 4.69) is 32.1 Å². The van der Waals surface area contributed by atoms with Crippen LogP contribution in [0.3, 0.4) is 0 Å². The number of rotatable bonds is 4. The smallest absolute Gasteiger partial charge is 0.149 e. The van der Waals surface area contributed by atoms with Crippen molar-refractivity contribution in [2.75, 3.05) is 0 Å². The molecule has 0 heterocycles. The Hall–Kier alpha value is -1.37. The van der Waals surface area contributed by atoms with Gasteiger partial charge in [-0.3, -0.25) is 4.79 Å². The third-order valence-corrected chi connectivity index (χ3v) is 2.48. The fourth-order valence-electron chi connectivity index (χ4n) is 1.69. The summed E-state index contributed by atoms with van der Waals surface area (Å²) in [4.78, 5) is 10.8. The van der Waals surface area contributed by atoms with Gasteiger partial charge in [0.15, 0.2) is 0 Å². The third-order valence-electron chi connectivity index (χ3n) is 2.48. The Morgan fingerprint density at radius 3 is 2.93 bits per heavy atom. The molecule has 0 saturated heterocycles. The van der Waals surface area contributed by atoms with Crippen LogP contribution in [0.1, 0.15) is 33.1 Å². The lowest BCUT2D eigenvalue weighted by atomic mass is 9.99. The van der Waals surface area contributed by atoms with Crippen LogP contribution in [-0.4, -0.2) is 6.29 Å². The molecule has 1 rings (SSSR count). The maximum atomic E-state index is 10.8. The summed E-state index contributed by atoms with van der Waals surface area (Å²) in [6.45, 7) is 4.22. The lowest BCUT2D eigenvalue weighted by Gasteiger charge is -2.06. The average molecular weight is 202 g/mol. The second kappa shape index (κ2) is 6.18. The lowest BCUT2D eigenvalue weighted by molar-refractivity contribution is -0.104. The quantitative estimate of drug-likeness (QED) is 0.635. The predicted octanol–water partition coefficient (Wildman–Crippen LogP) is 3.74. The minimum atomic E-state index is 0.783. The number of hydrogen-bond donors (Lipinski definition) is 0. The second-order valence-electron chi connectivity index (χ2n) is 3.62. The van der Waals surface area contributed by atoms with Crippen LogP contribution in [0.4, 0.5) is 0 Å². The zero-order valence-corrected chi connectivity index (χ0v) is 9.49. The van der Waals surface area contributed by atoms with Crippen molar-refractivity contribution in [3.63, 3.8) is 0 Å². The Labute approximate surface area is 91.9 Å². The Balaban J connectivity index is 2.96. The number of carbonyl (C=O) groups excluding carboxylic acids is 1. The first-order valence-corrected chi connectivity index (χ1v) is 5.51. The fourth-order valence-corrected chi connectivity index (χ4v) is 1.69. The summed E-state index contributed by atoms with van der Waals surface area (Å²) in [5.41, 5.74) is 3.28. The molecule has 0 radical (unpaired) electrons. The maximum absolute atomic E-state index is 10.8. The largest absolute Gasteiger partial charge is 0.298 e. The van der Waals surface area contributed by atoms with Crippen molar-refractivity contribution in [3.8, 4) is 0 Å². The number of carbonyl (C=O) groups is 1. The molecule has 0 spiro atoms.